The zero-order chi connectivity index (χ0) is 18.9. The third-order valence-corrected chi connectivity index (χ3v) is 7.04. The summed E-state index contributed by atoms with van der Waals surface area (Å²) in [5.74, 6) is 1.56. The Labute approximate surface area is 170 Å². The monoisotopic (exact) mass is 391 g/mol. The van der Waals surface area contributed by atoms with Crippen LogP contribution in [0.1, 0.15) is 29.5 Å². The molecule has 28 heavy (non-hydrogen) atoms. The maximum absolute atomic E-state index is 5.38. The third-order valence-electron chi connectivity index (χ3n) is 5.88. The van der Waals surface area contributed by atoms with E-state index < -0.39 is 0 Å². The lowest BCUT2D eigenvalue weighted by atomic mass is 9.98. The maximum atomic E-state index is 5.38. The Morgan fingerprint density at radius 2 is 2.07 bits per heavy atom. The van der Waals surface area contributed by atoms with Gasteiger partial charge in [-0.3, -0.25) is 4.99 Å². The molecule has 3 aliphatic heterocycles. The highest BCUT2D eigenvalue weighted by Gasteiger charge is 2.30. The summed E-state index contributed by atoms with van der Waals surface area (Å²) in [6.07, 6.45) is 5.53. The predicted molar refractivity (Wildman–Crippen MR) is 115 cm³/mol. The van der Waals surface area contributed by atoms with E-state index in [1.165, 1.54) is 27.3 Å². The van der Waals surface area contributed by atoms with E-state index in [1.807, 2.05) is 24.2 Å². The van der Waals surface area contributed by atoms with E-state index in [9.17, 15) is 0 Å². The van der Waals surface area contributed by atoms with Crippen molar-refractivity contribution < 1.29 is 4.74 Å². The number of ether oxygens (including phenoxy) is 1. The first-order valence-corrected chi connectivity index (χ1v) is 10.8. The lowest BCUT2D eigenvalue weighted by Gasteiger charge is -2.25. The van der Waals surface area contributed by atoms with Gasteiger partial charge < -0.3 is 14.5 Å². The molecule has 1 saturated heterocycles. The second kappa shape index (κ2) is 7.64. The number of likely N-dealkylation sites (tertiary alicyclic amines) is 1. The Morgan fingerprint density at radius 1 is 1.14 bits per heavy atom. The van der Waals surface area contributed by atoms with Crippen molar-refractivity contribution in [3.8, 4) is 5.75 Å². The van der Waals surface area contributed by atoms with E-state index >= 15 is 0 Å². The first-order valence-electron chi connectivity index (χ1n) is 9.94. The minimum Gasteiger partial charge on any atom is -0.497 e. The molecule has 2 atom stereocenters. The van der Waals surface area contributed by atoms with Crippen molar-refractivity contribution in [3.05, 3.63) is 70.8 Å². The van der Waals surface area contributed by atoms with Crippen LogP contribution in [0.3, 0.4) is 0 Å². The summed E-state index contributed by atoms with van der Waals surface area (Å²) in [6, 6.07) is 17.4. The van der Waals surface area contributed by atoms with Gasteiger partial charge in [0, 0.05) is 35.6 Å². The van der Waals surface area contributed by atoms with E-state index in [2.05, 4.69) is 58.5 Å². The molecule has 3 aliphatic rings. The van der Waals surface area contributed by atoms with Crippen LogP contribution in [0.15, 0.2) is 69.5 Å². The Kier molecular flexibility index (Phi) is 4.87. The molecule has 0 spiro atoms. The van der Waals surface area contributed by atoms with Crippen LogP contribution in [-0.2, 0) is 0 Å². The molecule has 0 N–H and O–H groups in total. The molecule has 2 aromatic rings. The van der Waals surface area contributed by atoms with Gasteiger partial charge in [-0.1, -0.05) is 42.1 Å². The van der Waals surface area contributed by atoms with Gasteiger partial charge in [0.25, 0.3) is 0 Å². The van der Waals surface area contributed by atoms with Gasteiger partial charge in [0.1, 0.15) is 11.8 Å². The Hall–Kier alpha value is -2.24. The Bertz CT molecular complexity index is 926. The Morgan fingerprint density at radius 3 is 3.00 bits per heavy atom. The number of methoxy groups -OCH3 is 1. The van der Waals surface area contributed by atoms with Crippen LogP contribution in [0.4, 0.5) is 0 Å². The number of rotatable bonds is 5. The molecule has 144 valence electrons. The van der Waals surface area contributed by atoms with Crippen molar-refractivity contribution in [2.24, 2.45) is 4.99 Å². The minimum absolute atomic E-state index is 0.210. The minimum atomic E-state index is 0.210. The number of hydrogen-bond acceptors (Lipinski definition) is 5. The summed E-state index contributed by atoms with van der Waals surface area (Å²) >= 11 is 1.86. The van der Waals surface area contributed by atoms with E-state index in [1.54, 1.807) is 7.11 Å². The van der Waals surface area contributed by atoms with Crippen molar-refractivity contribution in [3.63, 3.8) is 0 Å². The summed E-state index contributed by atoms with van der Waals surface area (Å²) in [6.45, 7) is 4.34. The van der Waals surface area contributed by atoms with Gasteiger partial charge in [0.2, 0.25) is 0 Å². The van der Waals surface area contributed by atoms with Gasteiger partial charge in [-0.2, -0.15) is 0 Å². The topological polar surface area (TPSA) is 28.1 Å². The second-order valence-electron chi connectivity index (χ2n) is 7.64. The summed E-state index contributed by atoms with van der Waals surface area (Å²) in [5.41, 5.74) is 2.74. The molecule has 0 saturated carbocycles. The van der Waals surface area contributed by atoms with E-state index in [0.717, 1.165) is 31.9 Å². The van der Waals surface area contributed by atoms with Crippen LogP contribution in [-0.4, -0.2) is 49.4 Å². The lowest BCUT2D eigenvalue weighted by Crippen LogP contribution is -2.32. The molecule has 5 rings (SSSR count). The summed E-state index contributed by atoms with van der Waals surface area (Å²) in [4.78, 5) is 12.3. The first-order chi connectivity index (χ1) is 13.8. The molecule has 3 heterocycles. The van der Waals surface area contributed by atoms with Gasteiger partial charge in [-0.05, 0) is 48.2 Å². The average molecular weight is 392 g/mol. The Balaban J connectivity index is 1.17. The molecule has 2 aromatic carbocycles. The molecule has 4 nitrogen and oxygen atoms in total. The quantitative estimate of drug-likeness (QED) is 0.749. The van der Waals surface area contributed by atoms with Crippen molar-refractivity contribution >= 4 is 18.1 Å². The molecular weight excluding hydrogens is 366 g/mol. The molecule has 0 bridgehead atoms. The van der Waals surface area contributed by atoms with Crippen LogP contribution < -0.4 is 4.74 Å². The fourth-order valence-electron chi connectivity index (χ4n) is 4.32. The van der Waals surface area contributed by atoms with Crippen LogP contribution in [0.2, 0.25) is 0 Å². The number of aliphatic imine (C=N–C) groups is 1. The molecule has 1 fully saturated rings. The van der Waals surface area contributed by atoms with Gasteiger partial charge in [-0.25, -0.2) is 0 Å². The molecule has 0 amide bonds. The maximum Gasteiger partial charge on any atom is 0.119 e. The third kappa shape index (κ3) is 3.45. The van der Waals surface area contributed by atoms with E-state index in [4.69, 9.17) is 9.73 Å². The van der Waals surface area contributed by atoms with Crippen LogP contribution in [0.5, 0.6) is 5.75 Å². The van der Waals surface area contributed by atoms with E-state index in [-0.39, 0.29) is 6.04 Å². The summed E-state index contributed by atoms with van der Waals surface area (Å²) in [7, 11) is 1.74. The highest BCUT2D eigenvalue weighted by Crippen LogP contribution is 2.49. The van der Waals surface area contributed by atoms with Gasteiger partial charge in [0.15, 0.2) is 0 Å². The smallest absolute Gasteiger partial charge is 0.119 e. The fraction of sp³-hybridized carbons (Fsp3) is 0.348. The number of hydrogen-bond donors (Lipinski definition) is 0. The number of benzene rings is 2. The van der Waals surface area contributed by atoms with Gasteiger partial charge >= 0.3 is 0 Å². The van der Waals surface area contributed by atoms with Crippen molar-refractivity contribution in [2.75, 3.05) is 33.3 Å². The second-order valence-corrected chi connectivity index (χ2v) is 8.75. The number of fused-ring (bicyclic) bond motifs is 3. The van der Waals surface area contributed by atoms with Crippen LogP contribution >= 0.6 is 11.8 Å². The highest BCUT2D eigenvalue weighted by atomic mass is 32.2. The van der Waals surface area contributed by atoms with Crippen LogP contribution in [0, 0.1) is 0 Å². The number of thioether (sulfide) groups is 1. The van der Waals surface area contributed by atoms with E-state index in [0.29, 0.717) is 5.92 Å². The SMILES string of the molecule is COc1cccc(C2CCN(CCN3C=N[C@@H]4C(=C3)Sc3ccccc34)C2)c1. The van der Waals surface area contributed by atoms with Gasteiger partial charge in [-0.15, -0.1) is 0 Å². The number of nitrogens with zero attached hydrogens (tertiary/aromatic N) is 3. The standard InChI is InChI=1S/C23H25N3OS/c1-27-19-6-4-5-17(13-19)18-9-10-25(14-18)11-12-26-15-22-23(24-16-26)20-7-2-3-8-21(20)28-22/h2-8,13,15-16,18,23H,9-12,14H2,1H3/t18?,23-/m0/s1. The molecule has 1 unspecified atom stereocenters. The zero-order valence-corrected chi connectivity index (χ0v) is 16.9. The first kappa shape index (κ1) is 17.8. The van der Waals surface area contributed by atoms with Gasteiger partial charge in [0.05, 0.1) is 13.4 Å². The zero-order valence-electron chi connectivity index (χ0n) is 16.1. The largest absolute Gasteiger partial charge is 0.497 e. The lowest BCUT2D eigenvalue weighted by molar-refractivity contribution is 0.312. The van der Waals surface area contributed by atoms with Crippen molar-refractivity contribution in [1.82, 2.24) is 9.80 Å². The summed E-state index contributed by atoms with van der Waals surface area (Å²) in [5, 5.41) is 0. The average Bonchev–Trinajstić information content (AvgIpc) is 3.36. The molecule has 0 aliphatic carbocycles. The predicted octanol–water partition coefficient (Wildman–Crippen LogP) is 4.52. The molecule has 5 heteroatoms. The molecule has 0 radical (unpaired) electrons. The normalized spacial score (nSPS) is 23.5. The van der Waals surface area contributed by atoms with Crippen LogP contribution in [0.25, 0.3) is 0 Å². The molecular formula is C23H25N3OS. The summed E-state index contributed by atoms with van der Waals surface area (Å²) < 4.78 is 5.38. The highest BCUT2D eigenvalue weighted by molar-refractivity contribution is 8.03. The molecule has 0 aromatic heterocycles. The van der Waals surface area contributed by atoms with Crippen molar-refractivity contribution in [2.45, 2.75) is 23.3 Å². The fourth-order valence-corrected chi connectivity index (χ4v) is 5.50. The van der Waals surface area contributed by atoms with Crippen molar-refractivity contribution in [1.29, 1.82) is 0 Å².